The second-order valence-corrected chi connectivity index (χ2v) is 8.59. The third kappa shape index (κ3) is 3.86. The van der Waals surface area contributed by atoms with Gasteiger partial charge in [-0.25, -0.2) is 4.98 Å². The van der Waals surface area contributed by atoms with Gasteiger partial charge in [-0.1, -0.05) is 18.9 Å². The van der Waals surface area contributed by atoms with Crippen molar-refractivity contribution in [2.75, 3.05) is 18.4 Å². The Kier molecular flexibility index (Phi) is 5.19. The normalized spacial score (nSPS) is 19.2. The first-order valence-corrected chi connectivity index (χ1v) is 11.0. The molecular weight excluding hydrogens is 360 g/mol. The maximum atomic E-state index is 5.03. The molecule has 5 rings (SSSR count). The predicted molar refractivity (Wildman–Crippen MR) is 115 cm³/mol. The quantitative estimate of drug-likeness (QED) is 0.709. The first-order chi connectivity index (χ1) is 14.3. The number of likely N-dealkylation sites (tertiary alicyclic amines) is 1. The predicted octanol–water partition coefficient (Wildman–Crippen LogP) is 4.17. The standard InChI is InChI=1S/C23H30N6/c1-17-14-26-29-22(25-16-18-5-4-10-24-15-18)13-21(27-23(17)29)19-8-11-28(12-9-19)20-6-2-3-7-20/h4-5,10,13-15,19-20,25H,2-3,6-9,11-12,16H2,1H3. The van der Waals surface area contributed by atoms with E-state index in [1.807, 2.05) is 23.0 Å². The number of hydrogen-bond acceptors (Lipinski definition) is 5. The number of aromatic nitrogens is 4. The van der Waals surface area contributed by atoms with Gasteiger partial charge in [0.25, 0.3) is 0 Å². The van der Waals surface area contributed by atoms with Crippen molar-refractivity contribution in [3.05, 3.63) is 53.6 Å². The number of pyridine rings is 1. The van der Waals surface area contributed by atoms with Gasteiger partial charge >= 0.3 is 0 Å². The van der Waals surface area contributed by atoms with Crippen LogP contribution in [-0.2, 0) is 6.54 Å². The van der Waals surface area contributed by atoms with Gasteiger partial charge in [0.1, 0.15) is 5.82 Å². The zero-order valence-electron chi connectivity index (χ0n) is 17.2. The van der Waals surface area contributed by atoms with E-state index in [0.717, 1.165) is 35.2 Å². The van der Waals surface area contributed by atoms with E-state index in [1.165, 1.54) is 57.3 Å². The molecule has 3 aromatic rings. The van der Waals surface area contributed by atoms with Gasteiger partial charge in [-0.3, -0.25) is 4.98 Å². The first-order valence-electron chi connectivity index (χ1n) is 11.0. The van der Waals surface area contributed by atoms with E-state index < -0.39 is 0 Å². The maximum absolute atomic E-state index is 5.03. The van der Waals surface area contributed by atoms with Crippen molar-refractivity contribution in [3.63, 3.8) is 0 Å². The lowest BCUT2D eigenvalue weighted by Gasteiger charge is -2.35. The fourth-order valence-corrected chi connectivity index (χ4v) is 4.95. The summed E-state index contributed by atoms with van der Waals surface area (Å²) in [7, 11) is 0. The lowest BCUT2D eigenvalue weighted by atomic mass is 9.92. The third-order valence-corrected chi connectivity index (χ3v) is 6.65. The Balaban J connectivity index is 1.36. The largest absolute Gasteiger partial charge is 0.366 e. The molecule has 1 saturated carbocycles. The summed E-state index contributed by atoms with van der Waals surface area (Å²) in [6, 6.07) is 7.11. The van der Waals surface area contributed by atoms with Crippen LogP contribution >= 0.6 is 0 Å². The number of aryl methyl sites for hydroxylation is 1. The molecule has 2 aliphatic rings. The monoisotopic (exact) mass is 390 g/mol. The first kappa shape index (κ1) is 18.6. The Morgan fingerprint density at radius 1 is 1.10 bits per heavy atom. The van der Waals surface area contributed by atoms with Crippen LogP contribution in [0.3, 0.4) is 0 Å². The van der Waals surface area contributed by atoms with Gasteiger partial charge in [-0.15, -0.1) is 0 Å². The minimum absolute atomic E-state index is 0.533. The van der Waals surface area contributed by atoms with Gasteiger partial charge in [0.05, 0.1) is 6.20 Å². The van der Waals surface area contributed by atoms with Gasteiger partial charge in [-0.05, 0) is 57.3 Å². The number of nitrogens with zero attached hydrogens (tertiary/aromatic N) is 5. The molecule has 0 unspecified atom stereocenters. The molecule has 1 aliphatic carbocycles. The van der Waals surface area contributed by atoms with Crippen LogP contribution in [0.5, 0.6) is 0 Å². The Labute approximate surface area is 172 Å². The lowest BCUT2D eigenvalue weighted by molar-refractivity contribution is 0.153. The number of hydrogen-bond donors (Lipinski definition) is 1. The van der Waals surface area contributed by atoms with Crippen LogP contribution in [-0.4, -0.2) is 43.6 Å². The van der Waals surface area contributed by atoms with Crippen molar-refractivity contribution in [1.29, 1.82) is 0 Å². The molecule has 6 nitrogen and oxygen atoms in total. The van der Waals surface area contributed by atoms with E-state index in [4.69, 9.17) is 4.98 Å². The molecular formula is C23H30N6. The number of rotatable bonds is 5. The Morgan fingerprint density at radius 2 is 1.93 bits per heavy atom. The van der Waals surface area contributed by atoms with Crippen molar-refractivity contribution < 1.29 is 0 Å². The number of anilines is 1. The molecule has 0 atom stereocenters. The molecule has 1 saturated heterocycles. The second-order valence-electron chi connectivity index (χ2n) is 8.59. The Hall–Kier alpha value is -2.47. The average Bonchev–Trinajstić information content (AvgIpc) is 3.44. The van der Waals surface area contributed by atoms with Crippen molar-refractivity contribution in [2.45, 2.75) is 64.0 Å². The molecule has 2 fully saturated rings. The van der Waals surface area contributed by atoms with E-state index in [9.17, 15) is 0 Å². The van der Waals surface area contributed by atoms with Crippen LogP contribution in [0.4, 0.5) is 5.82 Å². The average molecular weight is 391 g/mol. The summed E-state index contributed by atoms with van der Waals surface area (Å²) in [6.07, 6.45) is 13.6. The summed E-state index contributed by atoms with van der Waals surface area (Å²) in [5.41, 5.74) is 4.46. The van der Waals surface area contributed by atoms with Gasteiger partial charge in [0, 0.05) is 48.2 Å². The van der Waals surface area contributed by atoms with Crippen molar-refractivity contribution >= 4 is 11.5 Å². The molecule has 6 heteroatoms. The SMILES string of the molecule is Cc1cnn2c(NCc3cccnc3)cc(C3CCN(C4CCCC4)CC3)nc12. The molecule has 152 valence electrons. The highest BCUT2D eigenvalue weighted by atomic mass is 15.3. The number of nitrogens with one attached hydrogen (secondary N) is 1. The van der Waals surface area contributed by atoms with Crippen molar-refractivity contribution in [2.24, 2.45) is 0 Å². The van der Waals surface area contributed by atoms with Gasteiger partial charge in [-0.2, -0.15) is 9.61 Å². The summed E-state index contributed by atoms with van der Waals surface area (Å²) in [4.78, 5) is 12.0. The minimum Gasteiger partial charge on any atom is -0.366 e. The van der Waals surface area contributed by atoms with Crippen LogP contribution in [0.25, 0.3) is 5.65 Å². The smallest absolute Gasteiger partial charge is 0.160 e. The minimum atomic E-state index is 0.533. The van der Waals surface area contributed by atoms with E-state index >= 15 is 0 Å². The fourth-order valence-electron chi connectivity index (χ4n) is 4.95. The molecule has 29 heavy (non-hydrogen) atoms. The highest BCUT2D eigenvalue weighted by Crippen LogP contribution is 2.33. The molecule has 1 N–H and O–H groups in total. The molecule has 3 aromatic heterocycles. The summed E-state index contributed by atoms with van der Waals surface area (Å²) in [5.74, 6) is 1.55. The highest BCUT2D eigenvalue weighted by Gasteiger charge is 2.28. The zero-order chi connectivity index (χ0) is 19.6. The third-order valence-electron chi connectivity index (χ3n) is 6.65. The fraction of sp³-hybridized carbons (Fsp3) is 0.522. The Bertz CT molecular complexity index is 952. The van der Waals surface area contributed by atoms with E-state index in [0.29, 0.717) is 5.92 Å². The van der Waals surface area contributed by atoms with E-state index in [1.54, 1.807) is 6.20 Å². The molecule has 4 heterocycles. The summed E-state index contributed by atoms with van der Waals surface area (Å²) < 4.78 is 1.93. The van der Waals surface area contributed by atoms with Gasteiger partial charge in [0.2, 0.25) is 0 Å². The Morgan fingerprint density at radius 3 is 2.69 bits per heavy atom. The van der Waals surface area contributed by atoms with Crippen LogP contribution in [0.1, 0.15) is 61.3 Å². The van der Waals surface area contributed by atoms with Crippen molar-refractivity contribution in [3.8, 4) is 0 Å². The van der Waals surface area contributed by atoms with Gasteiger partial charge < -0.3 is 10.2 Å². The highest BCUT2D eigenvalue weighted by molar-refractivity contribution is 5.54. The van der Waals surface area contributed by atoms with E-state index in [2.05, 4.69) is 39.4 Å². The molecule has 0 spiro atoms. The van der Waals surface area contributed by atoms with Crippen molar-refractivity contribution in [1.82, 2.24) is 24.5 Å². The van der Waals surface area contributed by atoms with Crippen LogP contribution in [0, 0.1) is 6.92 Å². The van der Waals surface area contributed by atoms with Crippen LogP contribution in [0.2, 0.25) is 0 Å². The van der Waals surface area contributed by atoms with Crippen LogP contribution in [0.15, 0.2) is 36.8 Å². The molecule has 0 bridgehead atoms. The van der Waals surface area contributed by atoms with E-state index in [-0.39, 0.29) is 0 Å². The number of fused-ring (bicyclic) bond motifs is 1. The zero-order valence-corrected chi connectivity index (χ0v) is 17.2. The molecule has 0 aromatic carbocycles. The van der Waals surface area contributed by atoms with Gasteiger partial charge in [0.15, 0.2) is 5.65 Å². The molecule has 0 radical (unpaired) electrons. The number of piperidine rings is 1. The molecule has 0 amide bonds. The summed E-state index contributed by atoms with van der Waals surface area (Å²) in [6.45, 7) is 5.23. The van der Waals surface area contributed by atoms with Crippen LogP contribution < -0.4 is 5.32 Å². The molecule has 1 aliphatic heterocycles. The summed E-state index contributed by atoms with van der Waals surface area (Å²) >= 11 is 0. The lowest BCUT2D eigenvalue weighted by Crippen LogP contribution is -2.39. The summed E-state index contributed by atoms with van der Waals surface area (Å²) in [5, 5.41) is 8.11. The second kappa shape index (κ2) is 8.11. The maximum Gasteiger partial charge on any atom is 0.160 e. The topological polar surface area (TPSA) is 58.4 Å².